The van der Waals surface area contributed by atoms with Crippen LogP contribution in [-0.2, 0) is 0 Å². The molecule has 1 aromatic carbocycles. The van der Waals surface area contributed by atoms with Crippen LogP contribution >= 0.6 is 0 Å². The van der Waals surface area contributed by atoms with Crippen LogP contribution in [0.25, 0.3) is 11.1 Å². The first-order chi connectivity index (χ1) is 8.61. The fourth-order valence-electron chi connectivity index (χ4n) is 1.70. The van der Waals surface area contributed by atoms with Gasteiger partial charge in [-0.15, -0.1) is 5.10 Å². The maximum atomic E-state index is 5.89. The van der Waals surface area contributed by atoms with Crippen LogP contribution in [0, 0.1) is 0 Å². The third-order valence-corrected chi connectivity index (χ3v) is 2.83. The molecule has 0 aliphatic rings. The van der Waals surface area contributed by atoms with E-state index in [4.69, 9.17) is 10.5 Å². The first-order valence-electron chi connectivity index (χ1n) is 5.89. The Hall–Kier alpha value is -2.10. The summed E-state index contributed by atoms with van der Waals surface area (Å²) < 4.78 is 5.14. The fourth-order valence-corrected chi connectivity index (χ4v) is 1.70. The van der Waals surface area contributed by atoms with E-state index in [2.05, 4.69) is 24.0 Å². The zero-order valence-corrected chi connectivity index (χ0v) is 10.8. The van der Waals surface area contributed by atoms with Gasteiger partial charge in [0, 0.05) is 5.56 Å². The van der Waals surface area contributed by atoms with Gasteiger partial charge in [0.15, 0.2) is 5.82 Å². The molecule has 1 heterocycles. The zero-order chi connectivity index (χ0) is 13.1. The molecule has 0 saturated carbocycles. The van der Waals surface area contributed by atoms with Gasteiger partial charge in [-0.25, -0.2) is 0 Å². The van der Waals surface area contributed by atoms with Gasteiger partial charge in [0.1, 0.15) is 5.75 Å². The summed E-state index contributed by atoms with van der Waals surface area (Å²) in [7, 11) is 1.65. The second kappa shape index (κ2) is 5.04. The Labute approximate surface area is 107 Å². The van der Waals surface area contributed by atoms with Gasteiger partial charge in [0.2, 0.25) is 0 Å². The van der Waals surface area contributed by atoms with Gasteiger partial charge >= 0.3 is 0 Å². The highest BCUT2D eigenvalue weighted by molar-refractivity contribution is 5.74. The van der Waals surface area contributed by atoms with Crippen molar-refractivity contribution in [2.75, 3.05) is 12.8 Å². The van der Waals surface area contributed by atoms with Crippen molar-refractivity contribution in [3.63, 3.8) is 0 Å². The summed E-state index contributed by atoms with van der Waals surface area (Å²) in [5.74, 6) is 1.60. The second-order valence-corrected chi connectivity index (χ2v) is 4.45. The van der Waals surface area contributed by atoms with Crippen molar-refractivity contribution in [2.24, 2.45) is 0 Å². The predicted octanol–water partition coefficient (Wildman–Crippen LogP) is 2.86. The lowest BCUT2D eigenvalue weighted by atomic mass is 10.0. The Morgan fingerprint density at radius 1 is 1.11 bits per heavy atom. The molecule has 0 aliphatic carbocycles. The van der Waals surface area contributed by atoms with Crippen molar-refractivity contribution in [3.05, 3.63) is 36.0 Å². The molecule has 0 fully saturated rings. The highest BCUT2D eigenvalue weighted by atomic mass is 16.5. The average Bonchev–Trinajstić information content (AvgIpc) is 2.39. The second-order valence-electron chi connectivity index (χ2n) is 4.45. The first kappa shape index (κ1) is 12.4. The molecule has 0 saturated heterocycles. The van der Waals surface area contributed by atoms with E-state index < -0.39 is 0 Å². The Kier molecular flexibility index (Phi) is 3.46. The lowest BCUT2D eigenvalue weighted by Crippen LogP contribution is -2.01. The van der Waals surface area contributed by atoms with E-state index in [0.717, 1.165) is 22.6 Å². The van der Waals surface area contributed by atoms with E-state index in [9.17, 15) is 0 Å². The molecule has 0 atom stereocenters. The Bertz CT molecular complexity index is 535. The number of rotatable bonds is 3. The normalized spacial score (nSPS) is 10.7. The molecule has 18 heavy (non-hydrogen) atoms. The number of ether oxygens (including phenoxy) is 1. The topological polar surface area (TPSA) is 61.0 Å². The predicted molar refractivity (Wildman–Crippen MR) is 72.5 cm³/mol. The Morgan fingerprint density at radius 2 is 1.78 bits per heavy atom. The SMILES string of the molecule is COc1ccc(-c2cc(C(C)C)nnc2N)cc1. The van der Waals surface area contributed by atoms with E-state index in [-0.39, 0.29) is 0 Å². The minimum atomic E-state index is 0.329. The maximum absolute atomic E-state index is 5.89. The largest absolute Gasteiger partial charge is 0.497 e. The van der Waals surface area contributed by atoms with Gasteiger partial charge in [-0.05, 0) is 29.7 Å². The zero-order valence-electron chi connectivity index (χ0n) is 10.8. The van der Waals surface area contributed by atoms with E-state index in [1.54, 1.807) is 7.11 Å². The van der Waals surface area contributed by atoms with Gasteiger partial charge < -0.3 is 10.5 Å². The summed E-state index contributed by atoms with van der Waals surface area (Å²) in [5.41, 5.74) is 8.76. The molecular weight excluding hydrogens is 226 g/mol. The van der Waals surface area contributed by atoms with Crippen LogP contribution in [-0.4, -0.2) is 17.3 Å². The monoisotopic (exact) mass is 243 g/mol. The Balaban J connectivity index is 2.45. The van der Waals surface area contributed by atoms with E-state index in [1.165, 1.54) is 0 Å². The van der Waals surface area contributed by atoms with Crippen molar-refractivity contribution in [2.45, 2.75) is 19.8 Å². The van der Waals surface area contributed by atoms with Crippen LogP contribution < -0.4 is 10.5 Å². The van der Waals surface area contributed by atoms with E-state index in [1.807, 2.05) is 30.3 Å². The van der Waals surface area contributed by atoms with Gasteiger partial charge in [0.05, 0.1) is 12.8 Å². The lowest BCUT2D eigenvalue weighted by Gasteiger charge is -2.09. The summed E-state index contributed by atoms with van der Waals surface area (Å²) in [5, 5.41) is 8.11. The summed E-state index contributed by atoms with van der Waals surface area (Å²) in [6.07, 6.45) is 0. The van der Waals surface area contributed by atoms with Crippen molar-refractivity contribution >= 4 is 5.82 Å². The van der Waals surface area contributed by atoms with E-state index in [0.29, 0.717) is 11.7 Å². The summed E-state index contributed by atoms with van der Waals surface area (Å²) in [6, 6.07) is 9.75. The number of nitrogens with two attached hydrogens (primary N) is 1. The van der Waals surface area contributed by atoms with Crippen LogP contribution in [0.2, 0.25) is 0 Å². The minimum Gasteiger partial charge on any atom is -0.497 e. The lowest BCUT2D eigenvalue weighted by molar-refractivity contribution is 0.415. The fraction of sp³-hybridized carbons (Fsp3) is 0.286. The average molecular weight is 243 g/mol. The van der Waals surface area contributed by atoms with Crippen LogP contribution in [0.3, 0.4) is 0 Å². The number of hydrogen-bond acceptors (Lipinski definition) is 4. The molecule has 0 amide bonds. The minimum absolute atomic E-state index is 0.329. The van der Waals surface area contributed by atoms with Gasteiger partial charge in [-0.1, -0.05) is 26.0 Å². The molecule has 4 heteroatoms. The molecule has 0 radical (unpaired) electrons. The number of hydrogen-bond donors (Lipinski definition) is 1. The molecule has 2 rings (SSSR count). The number of nitrogens with zero attached hydrogens (tertiary/aromatic N) is 2. The maximum Gasteiger partial charge on any atom is 0.153 e. The number of nitrogen functional groups attached to an aromatic ring is 1. The quantitative estimate of drug-likeness (QED) is 0.900. The highest BCUT2D eigenvalue weighted by Gasteiger charge is 2.09. The van der Waals surface area contributed by atoms with E-state index >= 15 is 0 Å². The van der Waals surface area contributed by atoms with Crippen LogP contribution in [0.5, 0.6) is 5.75 Å². The molecule has 2 N–H and O–H groups in total. The third-order valence-electron chi connectivity index (χ3n) is 2.83. The molecule has 1 aromatic heterocycles. The van der Waals surface area contributed by atoms with Crippen molar-refractivity contribution in [1.29, 1.82) is 0 Å². The molecule has 4 nitrogen and oxygen atoms in total. The number of methoxy groups -OCH3 is 1. The highest BCUT2D eigenvalue weighted by Crippen LogP contribution is 2.27. The van der Waals surface area contributed by atoms with Gasteiger partial charge in [-0.2, -0.15) is 5.10 Å². The number of aromatic nitrogens is 2. The Morgan fingerprint density at radius 3 is 2.33 bits per heavy atom. The van der Waals surface area contributed by atoms with Crippen LogP contribution in [0.4, 0.5) is 5.82 Å². The first-order valence-corrected chi connectivity index (χ1v) is 5.89. The van der Waals surface area contributed by atoms with Crippen molar-refractivity contribution < 1.29 is 4.74 Å². The third kappa shape index (κ3) is 2.42. The number of benzene rings is 1. The molecule has 2 aromatic rings. The summed E-state index contributed by atoms with van der Waals surface area (Å²) in [6.45, 7) is 4.16. The van der Waals surface area contributed by atoms with Crippen molar-refractivity contribution in [3.8, 4) is 16.9 Å². The van der Waals surface area contributed by atoms with Crippen LogP contribution in [0.15, 0.2) is 30.3 Å². The molecule has 0 spiro atoms. The standard InChI is InChI=1S/C14H17N3O/c1-9(2)13-8-12(14(15)17-16-13)10-4-6-11(18-3)7-5-10/h4-9H,1-3H3,(H2,15,17). The van der Waals surface area contributed by atoms with Gasteiger partial charge in [0.25, 0.3) is 0 Å². The summed E-state index contributed by atoms with van der Waals surface area (Å²) >= 11 is 0. The van der Waals surface area contributed by atoms with Gasteiger partial charge in [-0.3, -0.25) is 0 Å². The van der Waals surface area contributed by atoms with Crippen LogP contribution in [0.1, 0.15) is 25.5 Å². The number of anilines is 1. The molecule has 0 bridgehead atoms. The molecule has 0 aliphatic heterocycles. The molecule has 0 unspecified atom stereocenters. The molecular formula is C14H17N3O. The van der Waals surface area contributed by atoms with Crippen molar-refractivity contribution in [1.82, 2.24) is 10.2 Å². The molecule has 94 valence electrons. The smallest absolute Gasteiger partial charge is 0.153 e. The summed E-state index contributed by atoms with van der Waals surface area (Å²) in [4.78, 5) is 0.